The Morgan fingerprint density at radius 1 is 1.47 bits per heavy atom. The zero-order valence-electron chi connectivity index (χ0n) is 9.78. The molecule has 94 valence electrons. The highest BCUT2D eigenvalue weighted by atomic mass is 35.5. The van der Waals surface area contributed by atoms with Crippen molar-refractivity contribution < 1.29 is 9.90 Å². The molecule has 0 aliphatic heterocycles. The van der Waals surface area contributed by atoms with Gasteiger partial charge >= 0.3 is 5.97 Å². The second-order valence-electron chi connectivity index (χ2n) is 3.78. The molecule has 0 radical (unpaired) electrons. The molecular weight excluding hydrogens is 261 g/mol. The lowest BCUT2D eigenvalue weighted by Crippen LogP contribution is -2.39. The minimum Gasteiger partial charge on any atom is -0.480 e. The van der Waals surface area contributed by atoms with E-state index in [2.05, 4.69) is 0 Å². The van der Waals surface area contributed by atoms with Crippen LogP contribution in [-0.2, 0) is 4.79 Å². The monoisotopic (exact) mass is 275 g/mol. The number of carboxylic acid groups (broad SMARTS) is 1. The summed E-state index contributed by atoms with van der Waals surface area (Å²) in [6.45, 7) is 4.24. The zero-order valence-corrected chi connectivity index (χ0v) is 11.3. The first-order valence-corrected chi connectivity index (χ1v) is 6.18. The SMILES string of the molecule is CCCN(c1cccc(Cl)c1Cl)C(C)C(=O)O. The summed E-state index contributed by atoms with van der Waals surface area (Å²) >= 11 is 12.0. The highest BCUT2D eigenvalue weighted by molar-refractivity contribution is 6.43. The summed E-state index contributed by atoms with van der Waals surface area (Å²) < 4.78 is 0. The fourth-order valence-corrected chi connectivity index (χ4v) is 2.02. The molecule has 1 aromatic rings. The predicted molar refractivity (Wildman–Crippen MR) is 71.2 cm³/mol. The van der Waals surface area contributed by atoms with Crippen molar-refractivity contribution in [3.63, 3.8) is 0 Å². The van der Waals surface area contributed by atoms with Crippen LogP contribution >= 0.6 is 23.2 Å². The Kier molecular flexibility index (Phi) is 5.09. The Bertz CT molecular complexity index is 409. The lowest BCUT2D eigenvalue weighted by Gasteiger charge is -2.29. The summed E-state index contributed by atoms with van der Waals surface area (Å²) in [7, 11) is 0. The maximum absolute atomic E-state index is 11.1. The van der Waals surface area contributed by atoms with Gasteiger partial charge in [-0.25, -0.2) is 4.79 Å². The molecule has 1 aromatic carbocycles. The first-order chi connectivity index (χ1) is 7.99. The van der Waals surface area contributed by atoms with E-state index in [0.29, 0.717) is 22.3 Å². The molecule has 0 bridgehead atoms. The largest absolute Gasteiger partial charge is 0.480 e. The number of anilines is 1. The summed E-state index contributed by atoms with van der Waals surface area (Å²) in [5.74, 6) is -0.880. The minimum absolute atomic E-state index is 0.399. The van der Waals surface area contributed by atoms with E-state index in [9.17, 15) is 4.79 Å². The van der Waals surface area contributed by atoms with Gasteiger partial charge in [0, 0.05) is 6.54 Å². The number of rotatable bonds is 5. The molecule has 17 heavy (non-hydrogen) atoms. The smallest absolute Gasteiger partial charge is 0.326 e. The summed E-state index contributed by atoms with van der Waals surface area (Å²) in [5, 5.41) is 9.91. The van der Waals surface area contributed by atoms with Crippen molar-refractivity contribution in [1.82, 2.24) is 0 Å². The highest BCUT2D eigenvalue weighted by Gasteiger charge is 2.22. The number of benzene rings is 1. The van der Waals surface area contributed by atoms with E-state index in [4.69, 9.17) is 28.3 Å². The molecule has 1 rings (SSSR count). The van der Waals surface area contributed by atoms with Crippen molar-refractivity contribution in [2.75, 3.05) is 11.4 Å². The number of carbonyl (C=O) groups is 1. The van der Waals surface area contributed by atoms with Gasteiger partial charge in [-0.3, -0.25) is 0 Å². The molecule has 1 N–H and O–H groups in total. The van der Waals surface area contributed by atoms with Gasteiger partial charge in [0.15, 0.2) is 0 Å². The highest BCUT2D eigenvalue weighted by Crippen LogP contribution is 2.33. The minimum atomic E-state index is -0.880. The third-order valence-corrected chi connectivity index (χ3v) is 3.34. The summed E-state index contributed by atoms with van der Waals surface area (Å²) in [6.07, 6.45) is 0.834. The molecule has 0 aliphatic rings. The lowest BCUT2D eigenvalue weighted by molar-refractivity contribution is -0.138. The molecule has 0 amide bonds. The molecule has 5 heteroatoms. The van der Waals surface area contributed by atoms with E-state index >= 15 is 0 Å². The number of aliphatic carboxylic acids is 1. The van der Waals surface area contributed by atoms with Crippen LogP contribution in [0.4, 0.5) is 5.69 Å². The van der Waals surface area contributed by atoms with E-state index in [1.54, 1.807) is 30.0 Å². The Labute approximate surface area is 111 Å². The van der Waals surface area contributed by atoms with Crippen LogP contribution in [-0.4, -0.2) is 23.7 Å². The van der Waals surface area contributed by atoms with Crippen LogP contribution in [0, 0.1) is 0 Å². The Hall–Kier alpha value is -0.930. The molecule has 0 aromatic heterocycles. The van der Waals surface area contributed by atoms with Gasteiger partial charge in [0.1, 0.15) is 6.04 Å². The Balaban J connectivity index is 3.13. The van der Waals surface area contributed by atoms with E-state index in [0.717, 1.165) is 6.42 Å². The van der Waals surface area contributed by atoms with Crippen LogP contribution in [0.1, 0.15) is 20.3 Å². The number of hydrogen-bond donors (Lipinski definition) is 1. The van der Waals surface area contributed by atoms with Crippen LogP contribution in [0.5, 0.6) is 0 Å². The second kappa shape index (κ2) is 6.12. The molecule has 0 heterocycles. The normalized spacial score (nSPS) is 12.2. The van der Waals surface area contributed by atoms with Crippen LogP contribution in [0.25, 0.3) is 0 Å². The van der Waals surface area contributed by atoms with Crippen molar-refractivity contribution in [3.05, 3.63) is 28.2 Å². The maximum atomic E-state index is 11.1. The van der Waals surface area contributed by atoms with E-state index in [1.165, 1.54) is 0 Å². The summed E-state index contributed by atoms with van der Waals surface area (Å²) in [6, 6.07) is 4.60. The number of hydrogen-bond acceptors (Lipinski definition) is 2. The van der Waals surface area contributed by atoms with E-state index in [1.807, 2.05) is 6.92 Å². The van der Waals surface area contributed by atoms with Crippen LogP contribution in [0.3, 0.4) is 0 Å². The standard InChI is InChI=1S/C12H15Cl2NO2/c1-3-7-15(8(2)12(16)17)10-6-4-5-9(13)11(10)14/h4-6,8H,3,7H2,1-2H3,(H,16,17). The fraction of sp³-hybridized carbons (Fsp3) is 0.417. The molecule has 1 unspecified atom stereocenters. The Morgan fingerprint density at radius 2 is 2.12 bits per heavy atom. The Morgan fingerprint density at radius 3 is 2.65 bits per heavy atom. The van der Waals surface area contributed by atoms with Gasteiger partial charge in [-0.15, -0.1) is 0 Å². The first kappa shape index (κ1) is 14.1. The average Bonchev–Trinajstić information content (AvgIpc) is 2.29. The van der Waals surface area contributed by atoms with Crippen LogP contribution < -0.4 is 4.90 Å². The molecule has 3 nitrogen and oxygen atoms in total. The van der Waals surface area contributed by atoms with Crippen molar-refractivity contribution >= 4 is 34.9 Å². The fourth-order valence-electron chi connectivity index (χ4n) is 1.61. The van der Waals surface area contributed by atoms with Crippen LogP contribution in [0.15, 0.2) is 18.2 Å². The molecule has 1 atom stereocenters. The van der Waals surface area contributed by atoms with Gasteiger partial charge in [-0.2, -0.15) is 0 Å². The van der Waals surface area contributed by atoms with Gasteiger partial charge in [0.05, 0.1) is 15.7 Å². The van der Waals surface area contributed by atoms with Gasteiger partial charge in [-0.05, 0) is 25.5 Å². The van der Waals surface area contributed by atoms with Crippen LogP contribution in [0.2, 0.25) is 10.0 Å². The average molecular weight is 276 g/mol. The van der Waals surface area contributed by atoms with E-state index in [-0.39, 0.29) is 0 Å². The number of carboxylic acids is 1. The molecule has 0 aliphatic carbocycles. The zero-order chi connectivity index (χ0) is 13.0. The topological polar surface area (TPSA) is 40.5 Å². The number of nitrogens with zero attached hydrogens (tertiary/aromatic N) is 1. The molecule has 0 saturated heterocycles. The van der Waals surface area contributed by atoms with Crippen molar-refractivity contribution in [2.24, 2.45) is 0 Å². The first-order valence-electron chi connectivity index (χ1n) is 5.42. The van der Waals surface area contributed by atoms with E-state index < -0.39 is 12.0 Å². The summed E-state index contributed by atoms with van der Waals surface area (Å²) in [5.41, 5.74) is 0.663. The summed E-state index contributed by atoms with van der Waals surface area (Å²) in [4.78, 5) is 12.8. The maximum Gasteiger partial charge on any atom is 0.326 e. The number of halogens is 2. The molecule has 0 saturated carbocycles. The second-order valence-corrected chi connectivity index (χ2v) is 4.57. The predicted octanol–water partition coefficient (Wildman–Crippen LogP) is 3.68. The third kappa shape index (κ3) is 3.27. The van der Waals surface area contributed by atoms with Gasteiger partial charge in [-0.1, -0.05) is 36.2 Å². The van der Waals surface area contributed by atoms with Crippen molar-refractivity contribution in [1.29, 1.82) is 0 Å². The van der Waals surface area contributed by atoms with Gasteiger partial charge in [0.25, 0.3) is 0 Å². The molecule has 0 spiro atoms. The third-order valence-electron chi connectivity index (χ3n) is 2.53. The lowest BCUT2D eigenvalue weighted by atomic mass is 10.2. The van der Waals surface area contributed by atoms with Gasteiger partial charge in [0.2, 0.25) is 0 Å². The van der Waals surface area contributed by atoms with Gasteiger partial charge < -0.3 is 10.0 Å². The molecule has 0 fully saturated rings. The quantitative estimate of drug-likeness (QED) is 0.891. The molecular formula is C12H15Cl2NO2. The van der Waals surface area contributed by atoms with Crippen molar-refractivity contribution in [2.45, 2.75) is 26.3 Å². The van der Waals surface area contributed by atoms with Crippen molar-refractivity contribution in [3.8, 4) is 0 Å².